The predicted molar refractivity (Wildman–Crippen MR) is 66.1 cm³/mol. The second-order valence-corrected chi connectivity index (χ2v) is 4.59. The number of aliphatic carboxylic acids is 1. The number of hydrogen-bond acceptors (Lipinski definition) is 3. The van der Waals surface area contributed by atoms with Crippen molar-refractivity contribution in [3.8, 4) is 0 Å². The third kappa shape index (κ3) is 3.02. The normalized spacial score (nSPS) is 12.2. The van der Waals surface area contributed by atoms with Gasteiger partial charge in [-0.1, -0.05) is 12.1 Å². The summed E-state index contributed by atoms with van der Waals surface area (Å²) >= 11 is 2.02. The maximum atomic E-state index is 11.1. The van der Waals surface area contributed by atoms with E-state index in [1.807, 2.05) is 22.6 Å². The molecule has 1 rings (SSSR count). The summed E-state index contributed by atoms with van der Waals surface area (Å²) in [4.78, 5) is 21.8. The second-order valence-electron chi connectivity index (χ2n) is 3.43. The minimum atomic E-state index is -1.58. The van der Waals surface area contributed by atoms with E-state index in [9.17, 15) is 14.7 Å². The van der Waals surface area contributed by atoms with Crippen molar-refractivity contribution in [2.24, 2.45) is 0 Å². The average molecular weight is 334 g/mol. The molecule has 1 aromatic rings. The molecule has 5 heteroatoms. The van der Waals surface area contributed by atoms with Crippen molar-refractivity contribution in [1.82, 2.24) is 0 Å². The maximum Gasteiger partial charge on any atom is 0.337 e. The SMILES string of the molecule is CC(=O)Cc1c(I)cccc1C(O)C(=O)O. The Kier molecular flexibility index (Phi) is 4.43. The van der Waals surface area contributed by atoms with Gasteiger partial charge in [0, 0.05) is 9.99 Å². The van der Waals surface area contributed by atoms with Gasteiger partial charge in [0.2, 0.25) is 0 Å². The number of carboxylic acids is 1. The van der Waals surface area contributed by atoms with E-state index in [-0.39, 0.29) is 17.8 Å². The molecule has 0 saturated carbocycles. The number of rotatable bonds is 4. The van der Waals surface area contributed by atoms with Crippen molar-refractivity contribution < 1.29 is 19.8 Å². The van der Waals surface area contributed by atoms with Gasteiger partial charge in [-0.2, -0.15) is 0 Å². The lowest BCUT2D eigenvalue weighted by atomic mass is 9.98. The summed E-state index contributed by atoms with van der Waals surface area (Å²) in [6.45, 7) is 1.43. The molecular weight excluding hydrogens is 323 g/mol. The number of carboxylic acid groups (broad SMARTS) is 1. The number of halogens is 1. The van der Waals surface area contributed by atoms with E-state index in [1.54, 1.807) is 12.1 Å². The van der Waals surface area contributed by atoms with Crippen molar-refractivity contribution in [1.29, 1.82) is 0 Å². The van der Waals surface area contributed by atoms with E-state index in [1.165, 1.54) is 13.0 Å². The van der Waals surface area contributed by atoms with E-state index in [2.05, 4.69) is 0 Å². The molecule has 1 atom stereocenters. The fraction of sp³-hybridized carbons (Fsp3) is 0.273. The van der Waals surface area contributed by atoms with Crippen molar-refractivity contribution in [3.63, 3.8) is 0 Å². The topological polar surface area (TPSA) is 74.6 Å². The van der Waals surface area contributed by atoms with Crippen LogP contribution in [-0.4, -0.2) is 22.0 Å². The van der Waals surface area contributed by atoms with E-state index >= 15 is 0 Å². The van der Waals surface area contributed by atoms with Crippen molar-refractivity contribution in [3.05, 3.63) is 32.9 Å². The molecule has 0 saturated heterocycles. The first kappa shape index (κ1) is 13.1. The van der Waals surface area contributed by atoms with Crippen LogP contribution in [0.4, 0.5) is 0 Å². The van der Waals surface area contributed by atoms with Crippen LogP contribution >= 0.6 is 22.6 Å². The lowest BCUT2D eigenvalue weighted by molar-refractivity contribution is -0.147. The molecular formula is C11H11IO4. The minimum absolute atomic E-state index is 0.0667. The summed E-state index contributed by atoms with van der Waals surface area (Å²) < 4.78 is 0.783. The quantitative estimate of drug-likeness (QED) is 0.819. The van der Waals surface area contributed by atoms with Gasteiger partial charge in [0.05, 0.1) is 0 Å². The van der Waals surface area contributed by atoms with Crippen LogP contribution in [0.2, 0.25) is 0 Å². The molecule has 16 heavy (non-hydrogen) atoms. The molecule has 0 bridgehead atoms. The molecule has 1 aromatic carbocycles. The Bertz CT molecular complexity index is 428. The van der Waals surface area contributed by atoms with Gasteiger partial charge >= 0.3 is 5.97 Å². The van der Waals surface area contributed by atoms with E-state index < -0.39 is 12.1 Å². The highest BCUT2D eigenvalue weighted by Crippen LogP contribution is 2.24. The summed E-state index contributed by atoms with van der Waals surface area (Å²) in [5.41, 5.74) is 0.875. The van der Waals surface area contributed by atoms with Crippen LogP contribution in [0.5, 0.6) is 0 Å². The van der Waals surface area contributed by atoms with Crippen molar-refractivity contribution >= 4 is 34.3 Å². The fourth-order valence-electron chi connectivity index (χ4n) is 1.40. The van der Waals surface area contributed by atoms with Crippen LogP contribution in [0.15, 0.2) is 18.2 Å². The van der Waals surface area contributed by atoms with Crippen LogP contribution in [0, 0.1) is 3.57 Å². The standard InChI is InChI=1S/C11H11IO4/c1-6(13)5-8-7(10(14)11(15)16)3-2-4-9(8)12/h2-4,10,14H,5H2,1H3,(H,15,16). The van der Waals surface area contributed by atoms with Crippen molar-refractivity contribution in [2.45, 2.75) is 19.4 Å². The molecule has 0 amide bonds. The smallest absolute Gasteiger partial charge is 0.337 e. The van der Waals surface area contributed by atoms with Gasteiger partial charge in [-0.25, -0.2) is 4.79 Å². The molecule has 0 aromatic heterocycles. The first-order chi connectivity index (χ1) is 7.43. The third-order valence-electron chi connectivity index (χ3n) is 2.11. The van der Waals surface area contributed by atoms with Crippen molar-refractivity contribution in [2.75, 3.05) is 0 Å². The Hall–Kier alpha value is -0.950. The van der Waals surface area contributed by atoms with Gasteiger partial charge < -0.3 is 10.2 Å². The highest BCUT2D eigenvalue weighted by Gasteiger charge is 2.21. The van der Waals surface area contributed by atoms with Gasteiger partial charge in [0.1, 0.15) is 5.78 Å². The Balaban J connectivity index is 3.22. The average Bonchev–Trinajstić information content (AvgIpc) is 2.19. The molecule has 0 aliphatic carbocycles. The van der Waals surface area contributed by atoms with Gasteiger partial charge in [-0.05, 0) is 46.7 Å². The first-order valence-corrected chi connectivity index (χ1v) is 5.69. The summed E-state index contributed by atoms with van der Waals surface area (Å²) in [5, 5.41) is 18.2. The molecule has 4 nitrogen and oxygen atoms in total. The highest BCUT2D eigenvalue weighted by atomic mass is 127. The Morgan fingerprint density at radius 2 is 2.06 bits per heavy atom. The van der Waals surface area contributed by atoms with E-state index in [0.29, 0.717) is 5.56 Å². The minimum Gasteiger partial charge on any atom is -0.479 e. The van der Waals surface area contributed by atoms with Crippen LogP contribution < -0.4 is 0 Å². The van der Waals surface area contributed by atoms with Crippen LogP contribution in [-0.2, 0) is 16.0 Å². The predicted octanol–water partition coefficient (Wildman–Crippen LogP) is 1.54. The highest BCUT2D eigenvalue weighted by molar-refractivity contribution is 14.1. The lowest BCUT2D eigenvalue weighted by Crippen LogP contribution is -2.14. The Morgan fingerprint density at radius 1 is 1.44 bits per heavy atom. The Morgan fingerprint density at radius 3 is 2.56 bits per heavy atom. The van der Waals surface area contributed by atoms with Gasteiger partial charge in [0.15, 0.2) is 6.10 Å². The molecule has 0 aliphatic rings. The van der Waals surface area contributed by atoms with Gasteiger partial charge in [-0.15, -0.1) is 0 Å². The second kappa shape index (κ2) is 5.40. The largest absolute Gasteiger partial charge is 0.479 e. The fourth-order valence-corrected chi connectivity index (χ4v) is 2.11. The summed E-state index contributed by atoms with van der Waals surface area (Å²) in [6, 6.07) is 4.96. The van der Waals surface area contributed by atoms with Crippen LogP contribution in [0.1, 0.15) is 24.2 Å². The number of Topliss-reactive ketones (excluding diaryl/α,β-unsaturated/α-hetero) is 1. The molecule has 86 valence electrons. The number of aliphatic hydroxyl groups is 1. The van der Waals surface area contributed by atoms with Crippen LogP contribution in [0.25, 0.3) is 0 Å². The summed E-state index contributed by atoms with van der Waals surface area (Å²) in [5.74, 6) is -1.38. The summed E-state index contributed by atoms with van der Waals surface area (Å²) in [7, 11) is 0. The molecule has 0 spiro atoms. The zero-order valence-corrected chi connectivity index (χ0v) is 10.8. The molecule has 0 radical (unpaired) electrons. The zero-order valence-electron chi connectivity index (χ0n) is 8.61. The van der Waals surface area contributed by atoms with Crippen LogP contribution in [0.3, 0.4) is 0 Å². The van der Waals surface area contributed by atoms with E-state index in [0.717, 1.165) is 3.57 Å². The maximum absolute atomic E-state index is 11.1. The number of carbonyl (C=O) groups excluding carboxylic acids is 1. The number of ketones is 1. The van der Waals surface area contributed by atoms with Gasteiger partial charge in [-0.3, -0.25) is 4.79 Å². The van der Waals surface area contributed by atoms with Gasteiger partial charge in [0.25, 0.3) is 0 Å². The number of hydrogen-bond donors (Lipinski definition) is 2. The number of carbonyl (C=O) groups is 2. The lowest BCUT2D eigenvalue weighted by Gasteiger charge is -2.12. The molecule has 1 unspecified atom stereocenters. The molecule has 0 fully saturated rings. The first-order valence-electron chi connectivity index (χ1n) is 4.61. The monoisotopic (exact) mass is 334 g/mol. The molecule has 0 aliphatic heterocycles. The summed E-state index contributed by atoms with van der Waals surface area (Å²) in [6.07, 6.45) is -1.44. The third-order valence-corrected chi connectivity index (χ3v) is 3.12. The number of aliphatic hydroxyl groups excluding tert-OH is 1. The zero-order chi connectivity index (χ0) is 12.3. The Labute approximate surface area is 106 Å². The van der Waals surface area contributed by atoms with E-state index in [4.69, 9.17) is 5.11 Å². The molecule has 2 N–H and O–H groups in total. The number of benzene rings is 1. The molecule has 0 heterocycles.